The van der Waals surface area contributed by atoms with Gasteiger partial charge in [0.05, 0.1) is 12.7 Å². The zero-order chi connectivity index (χ0) is 15.1. The molecular formula is C18H14N2O2. The molecule has 0 amide bonds. The number of anilines is 1. The highest BCUT2D eigenvalue weighted by Gasteiger charge is 2.14. The molecule has 108 valence electrons. The molecule has 1 heterocycles. The van der Waals surface area contributed by atoms with E-state index < -0.39 is 0 Å². The first-order valence-corrected chi connectivity index (χ1v) is 6.98. The molecule has 0 saturated heterocycles. The minimum Gasteiger partial charge on any atom is -0.496 e. The third-order valence-corrected chi connectivity index (χ3v) is 3.71. The van der Waals surface area contributed by atoms with E-state index in [4.69, 9.17) is 14.9 Å². The van der Waals surface area contributed by atoms with Crippen LogP contribution in [-0.2, 0) is 0 Å². The summed E-state index contributed by atoms with van der Waals surface area (Å²) in [5, 5.41) is 2.23. The topological polar surface area (TPSA) is 61.3 Å². The molecule has 0 atom stereocenters. The summed E-state index contributed by atoms with van der Waals surface area (Å²) < 4.78 is 11.4. The number of fused-ring (bicyclic) bond motifs is 2. The van der Waals surface area contributed by atoms with Crippen molar-refractivity contribution in [1.82, 2.24) is 4.98 Å². The summed E-state index contributed by atoms with van der Waals surface area (Å²) in [5.41, 5.74) is 8.74. The molecule has 0 spiro atoms. The second-order valence-electron chi connectivity index (χ2n) is 5.15. The van der Waals surface area contributed by atoms with Gasteiger partial charge in [0.1, 0.15) is 11.3 Å². The van der Waals surface area contributed by atoms with Gasteiger partial charge in [-0.15, -0.1) is 0 Å². The van der Waals surface area contributed by atoms with Crippen LogP contribution in [0.3, 0.4) is 0 Å². The van der Waals surface area contributed by atoms with Crippen LogP contribution in [0.25, 0.3) is 33.3 Å². The summed E-state index contributed by atoms with van der Waals surface area (Å²) in [6.07, 6.45) is 0. The van der Waals surface area contributed by atoms with E-state index in [-0.39, 0.29) is 0 Å². The Morgan fingerprint density at radius 2 is 1.77 bits per heavy atom. The van der Waals surface area contributed by atoms with Crippen molar-refractivity contribution in [3.63, 3.8) is 0 Å². The van der Waals surface area contributed by atoms with Gasteiger partial charge in [0, 0.05) is 5.69 Å². The zero-order valence-electron chi connectivity index (χ0n) is 12.0. The van der Waals surface area contributed by atoms with Gasteiger partial charge in [-0.2, -0.15) is 0 Å². The minimum absolute atomic E-state index is 0.531. The number of rotatable bonds is 2. The number of benzene rings is 3. The number of nitrogens with two attached hydrogens (primary N) is 1. The molecule has 3 aromatic carbocycles. The third-order valence-electron chi connectivity index (χ3n) is 3.71. The van der Waals surface area contributed by atoms with E-state index in [1.54, 1.807) is 19.2 Å². The molecule has 22 heavy (non-hydrogen) atoms. The Bertz CT molecular complexity index is 989. The van der Waals surface area contributed by atoms with Gasteiger partial charge >= 0.3 is 0 Å². The van der Waals surface area contributed by atoms with E-state index in [0.29, 0.717) is 17.2 Å². The molecule has 0 radical (unpaired) electrons. The summed E-state index contributed by atoms with van der Waals surface area (Å²) in [5.74, 6) is 1.27. The zero-order valence-corrected chi connectivity index (χ0v) is 12.0. The molecule has 0 aliphatic rings. The van der Waals surface area contributed by atoms with E-state index in [0.717, 1.165) is 27.6 Å². The first-order valence-electron chi connectivity index (χ1n) is 6.98. The maximum absolute atomic E-state index is 5.85. The van der Waals surface area contributed by atoms with Crippen molar-refractivity contribution >= 4 is 27.6 Å². The van der Waals surface area contributed by atoms with Crippen LogP contribution in [0.1, 0.15) is 0 Å². The van der Waals surface area contributed by atoms with E-state index in [2.05, 4.69) is 11.1 Å². The van der Waals surface area contributed by atoms with Crippen molar-refractivity contribution in [2.45, 2.75) is 0 Å². The van der Waals surface area contributed by atoms with Crippen LogP contribution in [0.15, 0.2) is 59.0 Å². The quantitative estimate of drug-likeness (QED) is 0.561. The Balaban J connectivity index is 1.97. The number of hydrogen-bond acceptors (Lipinski definition) is 4. The number of ether oxygens (including phenoxy) is 1. The number of nitrogen functional groups attached to an aromatic ring is 1. The van der Waals surface area contributed by atoms with Gasteiger partial charge in [-0.3, -0.25) is 0 Å². The number of oxazole rings is 1. The number of aromatic nitrogens is 1. The molecule has 0 bridgehead atoms. The lowest BCUT2D eigenvalue weighted by molar-refractivity contribution is 0.415. The van der Waals surface area contributed by atoms with Crippen LogP contribution >= 0.6 is 0 Å². The molecule has 4 rings (SSSR count). The first kappa shape index (κ1) is 12.7. The molecule has 4 heteroatoms. The SMILES string of the molecule is COc1cc2ccccc2cc1-c1nc2cc(N)ccc2o1. The molecule has 0 saturated carbocycles. The second-order valence-corrected chi connectivity index (χ2v) is 5.15. The molecule has 0 aliphatic heterocycles. The minimum atomic E-state index is 0.531. The van der Waals surface area contributed by atoms with E-state index in [1.807, 2.05) is 36.4 Å². The van der Waals surface area contributed by atoms with Crippen LogP contribution in [0, 0.1) is 0 Å². The summed E-state index contributed by atoms with van der Waals surface area (Å²) in [4.78, 5) is 4.53. The maximum atomic E-state index is 5.85. The molecule has 0 unspecified atom stereocenters. The van der Waals surface area contributed by atoms with Gasteiger partial charge in [0.2, 0.25) is 5.89 Å². The van der Waals surface area contributed by atoms with Crippen molar-refractivity contribution in [3.05, 3.63) is 54.6 Å². The third kappa shape index (κ3) is 1.97. The molecule has 0 aliphatic carbocycles. The van der Waals surface area contributed by atoms with Gasteiger partial charge in [-0.1, -0.05) is 24.3 Å². The summed E-state index contributed by atoms with van der Waals surface area (Å²) in [6.45, 7) is 0. The fourth-order valence-corrected chi connectivity index (χ4v) is 2.62. The number of nitrogens with zero attached hydrogens (tertiary/aromatic N) is 1. The van der Waals surface area contributed by atoms with Gasteiger partial charge in [0.15, 0.2) is 5.58 Å². The lowest BCUT2D eigenvalue weighted by Gasteiger charge is -2.07. The maximum Gasteiger partial charge on any atom is 0.231 e. The van der Waals surface area contributed by atoms with Crippen molar-refractivity contribution < 1.29 is 9.15 Å². The highest BCUT2D eigenvalue weighted by Crippen LogP contribution is 2.35. The highest BCUT2D eigenvalue weighted by atomic mass is 16.5. The fourth-order valence-electron chi connectivity index (χ4n) is 2.62. The molecule has 2 N–H and O–H groups in total. The smallest absolute Gasteiger partial charge is 0.231 e. The first-order chi connectivity index (χ1) is 10.7. The molecule has 4 aromatic rings. The standard InChI is InChI=1S/C18H14N2O2/c1-21-17-9-12-5-3-2-4-11(12)8-14(17)18-20-15-10-13(19)6-7-16(15)22-18/h2-10H,19H2,1H3. The van der Waals surface area contributed by atoms with Gasteiger partial charge in [-0.25, -0.2) is 4.98 Å². The Labute approximate surface area is 127 Å². The van der Waals surface area contributed by atoms with E-state index >= 15 is 0 Å². The summed E-state index contributed by atoms with van der Waals surface area (Å²) >= 11 is 0. The summed E-state index contributed by atoms with van der Waals surface area (Å²) in [6, 6.07) is 17.6. The van der Waals surface area contributed by atoms with E-state index in [9.17, 15) is 0 Å². The number of methoxy groups -OCH3 is 1. The Kier molecular flexibility index (Phi) is 2.76. The van der Waals surface area contributed by atoms with Gasteiger partial charge in [0.25, 0.3) is 0 Å². The lowest BCUT2D eigenvalue weighted by atomic mass is 10.1. The van der Waals surface area contributed by atoms with Crippen LogP contribution < -0.4 is 10.5 Å². The Hall–Kier alpha value is -3.01. The molecule has 4 nitrogen and oxygen atoms in total. The molecule has 1 aromatic heterocycles. The lowest BCUT2D eigenvalue weighted by Crippen LogP contribution is -1.89. The Morgan fingerprint density at radius 3 is 2.55 bits per heavy atom. The molecular weight excluding hydrogens is 276 g/mol. The highest BCUT2D eigenvalue weighted by molar-refractivity contribution is 5.90. The predicted octanol–water partition coefficient (Wildman–Crippen LogP) is 4.24. The average Bonchev–Trinajstić information content (AvgIpc) is 2.96. The molecule has 0 fully saturated rings. The van der Waals surface area contributed by atoms with Crippen LogP contribution in [-0.4, -0.2) is 12.1 Å². The van der Waals surface area contributed by atoms with Gasteiger partial charge < -0.3 is 14.9 Å². The Morgan fingerprint density at radius 1 is 1.00 bits per heavy atom. The van der Waals surface area contributed by atoms with Crippen molar-refractivity contribution in [2.75, 3.05) is 12.8 Å². The largest absolute Gasteiger partial charge is 0.496 e. The fraction of sp³-hybridized carbons (Fsp3) is 0.0556. The average molecular weight is 290 g/mol. The van der Waals surface area contributed by atoms with Gasteiger partial charge in [-0.05, 0) is 41.1 Å². The monoisotopic (exact) mass is 290 g/mol. The normalized spacial score (nSPS) is 11.1. The predicted molar refractivity (Wildman–Crippen MR) is 87.9 cm³/mol. The number of hydrogen-bond donors (Lipinski definition) is 1. The van der Waals surface area contributed by atoms with Crippen molar-refractivity contribution in [3.8, 4) is 17.2 Å². The van der Waals surface area contributed by atoms with Crippen molar-refractivity contribution in [1.29, 1.82) is 0 Å². The van der Waals surface area contributed by atoms with Crippen LogP contribution in [0.4, 0.5) is 5.69 Å². The van der Waals surface area contributed by atoms with Crippen LogP contribution in [0.2, 0.25) is 0 Å². The van der Waals surface area contributed by atoms with E-state index in [1.165, 1.54) is 0 Å². The van der Waals surface area contributed by atoms with Crippen LogP contribution in [0.5, 0.6) is 5.75 Å². The summed E-state index contributed by atoms with van der Waals surface area (Å²) in [7, 11) is 1.65. The second kappa shape index (κ2) is 4.77. The van der Waals surface area contributed by atoms with Crippen molar-refractivity contribution in [2.24, 2.45) is 0 Å².